The van der Waals surface area contributed by atoms with Gasteiger partial charge in [-0.25, -0.2) is 9.82 Å². The second-order valence-corrected chi connectivity index (χ2v) is 6.58. The number of carbonyl (C=O) groups is 1. The highest BCUT2D eigenvalue weighted by atomic mass is 79.9. The molecule has 1 saturated heterocycles. The molecule has 0 atom stereocenters. The van der Waals surface area contributed by atoms with E-state index in [9.17, 15) is 9.18 Å². The summed E-state index contributed by atoms with van der Waals surface area (Å²) in [5.41, 5.74) is 3.23. The highest BCUT2D eigenvalue weighted by Crippen LogP contribution is 2.15. The molecule has 0 bridgehead atoms. The molecule has 7 heteroatoms. The van der Waals surface area contributed by atoms with Crippen molar-refractivity contribution in [2.75, 3.05) is 31.1 Å². The Kier molecular flexibility index (Phi) is 6.00. The minimum atomic E-state index is -0.322. The van der Waals surface area contributed by atoms with Crippen molar-refractivity contribution >= 4 is 39.8 Å². The molecule has 1 fully saturated rings. The minimum absolute atomic E-state index is 0.0932. The number of nitrogens with zero attached hydrogens (tertiary/aromatic N) is 1. The molecule has 1 amide bonds. The van der Waals surface area contributed by atoms with Gasteiger partial charge < -0.3 is 4.90 Å². The third-order valence-electron chi connectivity index (χ3n) is 2.96. The van der Waals surface area contributed by atoms with Gasteiger partial charge in [-0.2, -0.15) is 16.9 Å². The fourth-order valence-corrected chi connectivity index (χ4v) is 3.34. The number of thioether (sulfide) groups is 1. The molecule has 20 heavy (non-hydrogen) atoms. The van der Waals surface area contributed by atoms with E-state index in [0.717, 1.165) is 30.2 Å². The van der Waals surface area contributed by atoms with Gasteiger partial charge in [-0.05, 0) is 33.6 Å². The molecule has 1 aromatic carbocycles. The molecule has 0 unspecified atom stereocenters. The van der Waals surface area contributed by atoms with E-state index in [1.807, 2.05) is 11.8 Å². The van der Waals surface area contributed by atoms with Crippen LogP contribution in [-0.2, 0) is 4.79 Å². The third-order valence-corrected chi connectivity index (χ3v) is 4.55. The zero-order valence-electron chi connectivity index (χ0n) is 10.9. The first-order valence-electron chi connectivity index (χ1n) is 6.33. The van der Waals surface area contributed by atoms with Crippen molar-refractivity contribution in [1.82, 2.24) is 5.43 Å². The summed E-state index contributed by atoms with van der Waals surface area (Å²) in [5.74, 6) is 1.80. The predicted molar refractivity (Wildman–Crippen MR) is 82.7 cm³/mol. The lowest BCUT2D eigenvalue weighted by molar-refractivity contribution is -0.888. The minimum Gasteiger partial charge on any atom is -0.326 e. The Labute approximate surface area is 129 Å². The maximum Gasteiger partial charge on any atom is 0.295 e. The molecular weight excluding hydrogens is 345 g/mol. The van der Waals surface area contributed by atoms with E-state index in [-0.39, 0.29) is 11.7 Å². The van der Waals surface area contributed by atoms with E-state index in [1.165, 1.54) is 17.2 Å². The van der Waals surface area contributed by atoms with E-state index in [4.69, 9.17) is 0 Å². The first-order chi connectivity index (χ1) is 9.65. The lowest BCUT2D eigenvalue weighted by Crippen LogP contribution is -3.14. The molecule has 2 N–H and O–H groups in total. The largest absolute Gasteiger partial charge is 0.326 e. The van der Waals surface area contributed by atoms with Gasteiger partial charge >= 0.3 is 0 Å². The average molecular weight is 361 g/mol. The molecule has 4 nitrogen and oxygen atoms in total. The molecule has 1 aliphatic heterocycles. The monoisotopic (exact) mass is 360 g/mol. The lowest BCUT2D eigenvalue weighted by Gasteiger charge is -2.21. The van der Waals surface area contributed by atoms with Gasteiger partial charge in [0, 0.05) is 11.5 Å². The van der Waals surface area contributed by atoms with E-state index >= 15 is 0 Å². The Morgan fingerprint density at radius 3 is 2.95 bits per heavy atom. The van der Waals surface area contributed by atoms with Crippen molar-refractivity contribution in [3.05, 3.63) is 34.1 Å². The molecule has 2 rings (SSSR count). The molecule has 1 aliphatic rings. The summed E-state index contributed by atoms with van der Waals surface area (Å²) in [6.45, 7) is 2.49. The molecule has 0 aromatic heterocycles. The van der Waals surface area contributed by atoms with E-state index in [1.54, 1.807) is 12.1 Å². The number of halogens is 2. The first-order valence-corrected chi connectivity index (χ1v) is 8.28. The van der Waals surface area contributed by atoms with Gasteiger partial charge in [0.05, 0.1) is 23.8 Å². The van der Waals surface area contributed by atoms with E-state index in [0.29, 0.717) is 11.0 Å². The van der Waals surface area contributed by atoms with Crippen LogP contribution in [0.4, 0.5) is 4.39 Å². The number of hydrogen-bond acceptors (Lipinski definition) is 3. The number of quaternary nitrogens is 1. The van der Waals surface area contributed by atoms with Crippen molar-refractivity contribution in [1.29, 1.82) is 0 Å². The van der Waals surface area contributed by atoms with E-state index in [2.05, 4.69) is 26.5 Å². The summed E-state index contributed by atoms with van der Waals surface area (Å²) in [6.07, 6.45) is 1.50. The Hall–Kier alpha value is -0.920. The zero-order chi connectivity index (χ0) is 14.4. The van der Waals surface area contributed by atoms with Crippen LogP contribution < -0.4 is 10.3 Å². The number of amides is 1. The number of rotatable bonds is 4. The quantitative estimate of drug-likeness (QED) is 0.612. The summed E-state index contributed by atoms with van der Waals surface area (Å²) in [7, 11) is 0. The van der Waals surface area contributed by atoms with Crippen molar-refractivity contribution in [2.45, 2.75) is 0 Å². The Bertz CT molecular complexity index is 506. The third kappa shape index (κ3) is 4.88. The van der Waals surface area contributed by atoms with Gasteiger partial charge in [0.15, 0.2) is 6.54 Å². The summed E-state index contributed by atoms with van der Waals surface area (Å²) < 4.78 is 13.4. The highest BCUT2D eigenvalue weighted by molar-refractivity contribution is 9.10. The highest BCUT2D eigenvalue weighted by Gasteiger charge is 2.16. The number of carbonyl (C=O) groups excluding carboxylic acids is 1. The summed E-state index contributed by atoms with van der Waals surface area (Å²) >= 11 is 5.03. The Morgan fingerprint density at radius 1 is 1.50 bits per heavy atom. The van der Waals surface area contributed by atoms with Gasteiger partial charge in [-0.15, -0.1) is 0 Å². The second-order valence-electron chi connectivity index (χ2n) is 4.51. The topological polar surface area (TPSA) is 45.9 Å². The van der Waals surface area contributed by atoms with Gasteiger partial charge in [-0.3, -0.25) is 4.79 Å². The summed E-state index contributed by atoms with van der Waals surface area (Å²) in [4.78, 5) is 13.0. The Balaban J connectivity index is 1.79. The van der Waals surface area contributed by atoms with Crippen LogP contribution in [0.3, 0.4) is 0 Å². The van der Waals surface area contributed by atoms with Crippen LogP contribution in [0.1, 0.15) is 5.56 Å². The Morgan fingerprint density at radius 2 is 2.25 bits per heavy atom. The molecule has 0 spiro atoms. The van der Waals surface area contributed by atoms with E-state index < -0.39 is 0 Å². The van der Waals surface area contributed by atoms with Crippen molar-refractivity contribution in [2.24, 2.45) is 5.10 Å². The van der Waals surface area contributed by atoms with Crippen molar-refractivity contribution in [3.8, 4) is 0 Å². The van der Waals surface area contributed by atoms with Gasteiger partial charge in [-0.1, -0.05) is 6.07 Å². The maximum absolute atomic E-state index is 13.0. The first kappa shape index (κ1) is 15.5. The van der Waals surface area contributed by atoms with Crippen LogP contribution in [0.15, 0.2) is 27.8 Å². The van der Waals surface area contributed by atoms with Gasteiger partial charge in [0.25, 0.3) is 5.91 Å². The van der Waals surface area contributed by atoms with Crippen molar-refractivity contribution in [3.63, 3.8) is 0 Å². The molecule has 0 saturated carbocycles. The van der Waals surface area contributed by atoms with Gasteiger partial charge in [0.1, 0.15) is 5.82 Å². The van der Waals surface area contributed by atoms with Crippen LogP contribution in [0.25, 0.3) is 0 Å². The average Bonchev–Trinajstić information content (AvgIpc) is 2.44. The molecule has 1 heterocycles. The van der Waals surface area contributed by atoms with Crippen LogP contribution >= 0.6 is 27.7 Å². The van der Waals surface area contributed by atoms with Gasteiger partial charge in [0.2, 0.25) is 0 Å². The lowest BCUT2D eigenvalue weighted by atomic mass is 10.2. The number of benzene rings is 1. The zero-order valence-corrected chi connectivity index (χ0v) is 13.3. The summed E-state index contributed by atoms with van der Waals surface area (Å²) in [6, 6.07) is 4.56. The maximum atomic E-state index is 13.0. The molecule has 108 valence electrons. The SMILES string of the molecule is O=C(C[NH+]1CCSCC1)N/N=C\c1ccc(F)c(Br)c1. The fourth-order valence-electron chi connectivity index (χ4n) is 1.87. The molecule has 1 aromatic rings. The number of hydrazone groups is 1. The normalized spacial score (nSPS) is 16.5. The van der Waals surface area contributed by atoms with Crippen LogP contribution in [0.2, 0.25) is 0 Å². The van der Waals surface area contributed by atoms with Crippen LogP contribution in [0.5, 0.6) is 0 Å². The molecular formula is C13H16BrFN3OS+. The smallest absolute Gasteiger partial charge is 0.295 e. The predicted octanol–water partition coefficient (Wildman–Crippen LogP) is 0.670. The molecule has 0 aliphatic carbocycles. The summed E-state index contributed by atoms with van der Waals surface area (Å²) in [5, 5.41) is 3.89. The fraction of sp³-hybridized carbons (Fsp3) is 0.385. The van der Waals surface area contributed by atoms with Crippen molar-refractivity contribution < 1.29 is 14.1 Å². The number of nitrogens with one attached hydrogen (secondary N) is 2. The number of hydrogen-bond donors (Lipinski definition) is 2. The van der Waals surface area contributed by atoms with Crippen LogP contribution in [-0.4, -0.2) is 43.3 Å². The molecule has 0 radical (unpaired) electrons. The van der Waals surface area contributed by atoms with Crippen LogP contribution in [0, 0.1) is 5.82 Å². The standard InChI is InChI=1S/C13H15BrFN3OS/c14-11-7-10(1-2-12(11)15)8-16-17-13(19)9-18-3-5-20-6-4-18/h1-2,7-8H,3-6,9H2,(H,17,19)/p+1/b16-8-. The second kappa shape index (κ2) is 7.75.